The molecule has 5 rings (SSSR count). The van der Waals surface area contributed by atoms with Crippen LogP contribution in [0, 0.1) is 0 Å². The van der Waals surface area contributed by atoms with E-state index in [-0.39, 0.29) is 0 Å². The molecule has 3 aliphatic rings. The van der Waals surface area contributed by atoms with Gasteiger partial charge in [-0.25, -0.2) is 0 Å². The highest BCUT2D eigenvalue weighted by atomic mass is 32.1. The highest BCUT2D eigenvalue weighted by molar-refractivity contribution is 7.08. The Morgan fingerprint density at radius 1 is 1.00 bits per heavy atom. The van der Waals surface area contributed by atoms with Gasteiger partial charge in [-0.3, -0.25) is 4.90 Å². The third-order valence-corrected chi connectivity index (χ3v) is 7.56. The van der Waals surface area contributed by atoms with Gasteiger partial charge in [0.25, 0.3) is 0 Å². The first-order valence-corrected chi connectivity index (χ1v) is 12.1. The fourth-order valence-corrected chi connectivity index (χ4v) is 6.11. The fourth-order valence-electron chi connectivity index (χ4n) is 5.40. The molecule has 3 aliphatic heterocycles. The molecule has 3 nitrogen and oxygen atoms in total. The summed E-state index contributed by atoms with van der Waals surface area (Å²) in [5, 5.41) is 4.54. The predicted molar refractivity (Wildman–Crippen MR) is 117 cm³/mol. The van der Waals surface area contributed by atoms with Crippen LogP contribution < -0.4 is 4.74 Å². The third-order valence-electron chi connectivity index (χ3n) is 6.86. The van der Waals surface area contributed by atoms with Crippen molar-refractivity contribution in [3.05, 3.63) is 51.7 Å². The number of hydrogen-bond donors (Lipinski definition) is 0. The fraction of sp³-hybridized carbons (Fsp3) is 0.583. The van der Waals surface area contributed by atoms with Gasteiger partial charge in [0.2, 0.25) is 0 Å². The molecule has 0 saturated carbocycles. The third kappa shape index (κ3) is 3.87. The van der Waals surface area contributed by atoms with Gasteiger partial charge in [0.15, 0.2) is 0 Å². The quantitative estimate of drug-likeness (QED) is 0.618. The first kappa shape index (κ1) is 18.7. The van der Waals surface area contributed by atoms with Crippen molar-refractivity contribution in [1.82, 2.24) is 9.80 Å². The second kappa shape index (κ2) is 8.56. The summed E-state index contributed by atoms with van der Waals surface area (Å²) in [5.41, 5.74) is 4.53. The lowest BCUT2D eigenvalue weighted by Gasteiger charge is -2.37. The zero-order valence-corrected chi connectivity index (χ0v) is 17.6. The van der Waals surface area contributed by atoms with Crippen LogP contribution in [0.2, 0.25) is 0 Å². The molecule has 0 spiro atoms. The van der Waals surface area contributed by atoms with Crippen LogP contribution in [0.1, 0.15) is 67.2 Å². The van der Waals surface area contributed by atoms with Crippen molar-refractivity contribution < 1.29 is 4.74 Å². The maximum atomic E-state index is 6.19. The number of piperidine rings is 1. The van der Waals surface area contributed by atoms with Gasteiger partial charge in [-0.1, -0.05) is 12.5 Å². The normalized spacial score (nSPS) is 25.4. The number of ether oxygens (including phenoxy) is 1. The largest absolute Gasteiger partial charge is 0.494 e. The molecule has 2 atom stereocenters. The molecular formula is C24H32N2OS. The molecule has 4 heterocycles. The van der Waals surface area contributed by atoms with Crippen LogP contribution in [0.4, 0.5) is 0 Å². The molecule has 150 valence electrons. The monoisotopic (exact) mass is 396 g/mol. The van der Waals surface area contributed by atoms with Crippen molar-refractivity contribution in [3.8, 4) is 5.75 Å². The van der Waals surface area contributed by atoms with E-state index in [9.17, 15) is 0 Å². The van der Waals surface area contributed by atoms with E-state index in [4.69, 9.17) is 4.74 Å². The summed E-state index contributed by atoms with van der Waals surface area (Å²) in [6, 6.07) is 9.83. The Balaban J connectivity index is 1.27. The second-order valence-corrected chi connectivity index (χ2v) is 9.44. The maximum absolute atomic E-state index is 6.19. The van der Waals surface area contributed by atoms with Crippen molar-refractivity contribution in [2.75, 3.05) is 39.3 Å². The molecule has 2 fully saturated rings. The van der Waals surface area contributed by atoms with Crippen LogP contribution in [0.15, 0.2) is 35.0 Å². The molecule has 0 radical (unpaired) electrons. The number of rotatable bonds is 6. The van der Waals surface area contributed by atoms with E-state index < -0.39 is 0 Å². The zero-order chi connectivity index (χ0) is 18.8. The Hall–Kier alpha value is -1.36. The summed E-state index contributed by atoms with van der Waals surface area (Å²) in [6.07, 6.45) is 7.89. The number of fused-ring (bicyclic) bond motifs is 3. The van der Waals surface area contributed by atoms with E-state index in [1.165, 1.54) is 81.5 Å². The average molecular weight is 397 g/mol. The van der Waals surface area contributed by atoms with Crippen molar-refractivity contribution in [2.45, 2.75) is 50.5 Å². The van der Waals surface area contributed by atoms with Crippen molar-refractivity contribution in [3.63, 3.8) is 0 Å². The van der Waals surface area contributed by atoms with E-state index in [2.05, 4.69) is 44.8 Å². The van der Waals surface area contributed by atoms with Crippen molar-refractivity contribution in [2.24, 2.45) is 0 Å². The lowest BCUT2D eigenvalue weighted by Crippen LogP contribution is -2.34. The van der Waals surface area contributed by atoms with Crippen LogP contribution >= 0.6 is 11.3 Å². The van der Waals surface area contributed by atoms with Crippen LogP contribution in [-0.2, 0) is 0 Å². The molecule has 2 aromatic rings. The van der Waals surface area contributed by atoms with Gasteiger partial charge < -0.3 is 9.64 Å². The summed E-state index contributed by atoms with van der Waals surface area (Å²) in [4.78, 5) is 5.30. The summed E-state index contributed by atoms with van der Waals surface area (Å²) in [6.45, 7) is 6.98. The summed E-state index contributed by atoms with van der Waals surface area (Å²) in [5.74, 6) is 1.58. The SMILES string of the molecule is c1cc([C@@H]2CN3CCC[C@H]3c3cc(OCCCN4CCCCC4)ccc32)cs1. The number of thiophene rings is 1. The van der Waals surface area contributed by atoms with E-state index in [1.54, 1.807) is 0 Å². The minimum atomic E-state index is 0.517. The van der Waals surface area contributed by atoms with Crippen LogP contribution in [0.3, 0.4) is 0 Å². The first-order valence-electron chi connectivity index (χ1n) is 11.1. The summed E-state index contributed by atoms with van der Waals surface area (Å²) in [7, 11) is 0. The minimum Gasteiger partial charge on any atom is -0.494 e. The van der Waals surface area contributed by atoms with Gasteiger partial charge in [0.05, 0.1) is 6.61 Å². The molecule has 4 heteroatoms. The van der Waals surface area contributed by atoms with Crippen molar-refractivity contribution in [1.29, 1.82) is 0 Å². The highest BCUT2D eigenvalue weighted by Crippen LogP contribution is 2.45. The van der Waals surface area contributed by atoms with Gasteiger partial charge in [0, 0.05) is 25.0 Å². The molecule has 2 saturated heterocycles. The molecule has 1 aromatic carbocycles. The lowest BCUT2D eigenvalue weighted by atomic mass is 9.82. The summed E-state index contributed by atoms with van der Waals surface area (Å²) >= 11 is 1.81. The van der Waals surface area contributed by atoms with Crippen LogP contribution in [-0.4, -0.2) is 49.1 Å². The number of nitrogens with zero attached hydrogens (tertiary/aromatic N) is 2. The van der Waals surface area contributed by atoms with Gasteiger partial charge in [-0.2, -0.15) is 11.3 Å². The predicted octanol–water partition coefficient (Wildman–Crippen LogP) is 5.29. The molecule has 0 aliphatic carbocycles. The molecule has 0 unspecified atom stereocenters. The maximum Gasteiger partial charge on any atom is 0.119 e. The van der Waals surface area contributed by atoms with Crippen molar-refractivity contribution >= 4 is 11.3 Å². The molecule has 1 aromatic heterocycles. The topological polar surface area (TPSA) is 15.7 Å². The number of benzene rings is 1. The Labute approximate surface area is 173 Å². The Morgan fingerprint density at radius 2 is 1.93 bits per heavy atom. The van der Waals surface area contributed by atoms with Gasteiger partial charge in [-0.05, 0) is 97.4 Å². The molecule has 0 amide bonds. The van der Waals surface area contributed by atoms with Gasteiger partial charge >= 0.3 is 0 Å². The summed E-state index contributed by atoms with van der Waals surface area (Å²) < 4.78 is 6.19. The Morgan fingerprint density at radius 3 is 2.79 bits per heavy atom. The second-order valence-electron chi connectivity index (χ2n) is 8.66. The van der Waals surface area contributed by atoms with E-state index in [0.29, 0.717) is 12.0 Å². The van der Waals surface area contributed by atoms with E-state index in [0.717, 1.165) is 18.8 Å². The minimum absolute atomic E-state index is 0.517. The van der Waals surface area contributed by atoms with E-state index in [1.807, 2.05) is 11.3 Å². The highest BCUT2D eigenvalue weighted by Gasteiger charge is 2.36. The van der Waals surface area contributed by atoms with Crippen LogP contribution in [0.25, 0.3) is 0 Å². The lowest BCUT2D eigenvalue weighted by molar-refractivity contribution is 0.204. The number of likely N-dealkylation sites (tertiary alicyclic amines) is 1. The first-order chi connectivity index (χ1) is 13.9. The molecule has 0 bridgehead atoms. The molecule has 28 heavy (non-hydrogen) atoms. The van der Waals surface area contributed by atoms with Gasteiger partial charge in [0.1, 0.15) is 5.75 Å². The molecule has 0 N–H and O–H groups in total. The number of hydrogen-bond acceptors (Lipinski definition) is 4. The Bertz CT molecular complexity index is 769. The van der Waals surface area contributed by atoms with Crippen LogP contribution in [0.5, 0.6) is 5.75 Å². The van der Waals surface area contributed by atoms with Gasteiger partial charge in [-0.15, -0.1) is 0 Å². The zero-order valence-electron chi connectivity index (χ0n) is 16.8. The average Bonchev–Trinajstić information content (AvgIpc) is 3.43. The molecular weight excluding hydrogens is 364 g/mol. The van der Waals surface area contributed by atoms with E-state index >= 15 is 0 Å². The standard InChI is InChI=1S/C24H32N2OS/c1-2-10-25(11-3-1)12-5-14-27-20-7-8-21-22(16-20)24-6-4-13-26(24)17-23(21)19-9-15-28-18-19/h7-9,15-16,18,23-24H,1-6,10-14,17H2/t23-,24-/m0/s1. The Kier molecular flexibility index (Phi) is 5.70. The smallest absolute Gasteiger partial charge is 0.119 e.